The quantitative estimate of drug-likeness (QED) is 0.333. The molecule has 0 atom stereocenters. The van der Waals surface area contributed by atoms with Gasteiger partial charge in [0.2, 0.25) is 0 Å². The van der Waals surface area contributed by atoms with Crippen molar-refractivity contribution in [1.82, 2.24) is 4.57 Å². The summed E-state index contributed by atoms with van der Waals surface area (Å²) in [5.41, 5.74) is 3.21. The maximum Gasteiger partial charge on any atom is 0.310 e. The fraction of sp³-hybridized carbons (Fsp3) is 0.160. The molecule has 4 rings (SSSR count). The Morgan fingerprint density at radius 1 is 0.933 bits per heavy atom. The average Bonchev–Trinajstić information content (AvgIpc) is 3.08. The first kappa shape index (κ1) is 20.0. The number of benzene rings is 3. The summed E-state index contributed by atoms with van der Waals surface area (Å²) in [6.45, 7) is 2.91. The molecule has 0 spiro atoms. The van der Waals surface area contributed by atoms with E-state index in [2.05, 4.69) is 10.6 Å². The molecule has 0 aliphatic rings. The van der Waals surface area contributed by atoms with Gasteiger partial charge >= 0.3 is 5.97 Å². The lowest BCUT2D eigenvalue weighted by molar-refractivity contribution is -0.142. The van der Waals surface area contributed by atoms with Crippen LogP contribution in [0.1, 0.15) is 18.1 Å². The van der Waals surface area contributed by atoms with Crippen molar-refractivity contribution >= 4 is 28.5 Å². The van der Waals surface area contributed by atoms with Gasteiger partial charge in [-0.3, -0.25) is 4.79 Å². The molecule has 0 saturated carbocycles. The van der Waals surface area contributed by atoms with Crippen LogP contribution in [0, 0.1) is 0 Å². The molecule has 5 heteroatoms. The van der Waals surface area contributed by atoms with Gasteiger partial charge in [-0.15, -0.1) is 0 Å². The highest BCUT2D eigenvalue weighted by Crippen LogP contribution is 2.26. The van der Waals surface area contributed by atoms with Crippen molar-refractivity contribution < 1.29 is 14.3 Å². The minimum Gasteiger partial charge on any atom is -0.466 e. The number of hydrogen-bond donors (Lipinski definition) is 0. The summed E-state index contributed by atoms with van der Waals surface area (Å²) in [4.78, 5) is 12.0. The predicted octanol–water partition coefficient (Wildman–Crippen LogP) is 6.24. The average molecular weight is 420 g/mol. The van der Waals surface area contributed by atoms with Gasteiger partial charge in [0.15, 0.2) is 0 Å². The zero-order chi connectivity index (χ0) is 20.9. The van der Waals surface area contributed by atoms with Gasteiger partial charge in [0.1, 0.15) is 11.5 Å². The lowest BCUT2D eigenvalue weighted by Crippen LogP contribution is -2.07. The summed E-state index contributed by atoms with van der Waals surface area (Å²) < 4.78 is 13.1. The summed E-state index contributed by atoms with van der Waals surface area (Å²) in [7, 11) is 0. The Kier molecular flexibility index (Phi) is 6.05. The van der Waals surface area contributed by atoms with Crippen molar-refractivity contribution in [3.05, 3.63) is 95.1 Å². The van der Waals surface area contributed by atoms with Gasteiger partial charge in [-0.05, 0) is 60.5 Å². The largest absolute Gasteiger partial charge is 0.466 e. The molecule has 0 aliphatic heterocycles. The fourth-order valence-corrected chi connectivity index (χ4v) is 3.59. The van der Waals surface area contributed by atoms with Gasteiger partial charge in [0.25, 0.3) is 0 Å². The van der Waals surface area contributed by atoms with Crippen molar-refractivity contribution in [2.45, 2.75) is 19.9 Å². The molecule has 4 aromatic rings. The van der Waals surface area contributed by atoms with Crippen LogP contribution in [0.3, 0.4) is 0 Å². The number of rotatable bonds is 7. The number of nitrogens with zero attached hydrogens (tertiary/aromatic N) is 1. The molecule has 0 fully saturated rings. The standard InChI is InChI=1S/C25H22ClNO3/c1-2-29-25(28)15-19-17-27(24-6-4-3-5-23(19)24)16-18-7-11-21(12-8-18)30-22-13-9-20(26)10-14-22/h3-14,17H,2,15-16H2,1H3. The monoisotopic (exact) mass is 419 g/mol. The molecule has 0 saturated heterocycles. The van der Waals surface area contributed by atoms with Crippen LogP contribution in [-0.2, 0) is 22.5 Å². The lowest BCUT2D eigenvalue weighted by atomic mass is 10.1. The second-order valence-corrected chi connectivity index (χ2v) is 7.42. The number of fused-ring (bicyclic) bond motifs is 1. The molecule has 0 radical (unpaired) electrons. The molecule has 30 heavy (non-hydrogen) atoms. The molecule has 1 aromatic heterocycles. The first-order valence-corrected chi connectivity index (χ1v) is 10.2. The number of esters is 1. The van der Waals surface area contributed by atoms with E-state index >= 15 is 0 Å². The van der Waals surface area contributed by atoms with E-state index in [1.165, 1.54) is 0 Å². The molecule has 1 heterocycles. The molecule has 0 unspecified atom stereocenters. The molecule has 0 aliphatic carbocycles. The maximum absolute atomic E-state index is 12.0. The highest BCUT2D eigenvalue weighted by atomic mass is 35.5. The third-order valence-corrected chi connectivity index (χ3v) is 5.09. The van der Waals surface area contributed by atoms with Gasteiger partial charge in [-0.25, -0.2) is 0 Å². The zero-order valence-corrected chi connectivity index (χ0v) is 17.4. The fourth-order valence-electron chi connectivity index (χ4n) is 3.46. The zero-order valence-electron chi connectivity index (χ0n) is 16.7. The molecular formula is C25H22ClNO3. The summed E-state index contributed by atoms with van der Waals surface area (Å²) in [6, 6.07) is 23.4. The van der Waals surface area contributed by atoms with E-state index in [0.29, 0.717) is 18.2 Å². The minimum atomic E-state index is -0.205. The van der Waals surface area contributed by atoms with Crippen molar-refractivity contribution in [1.29, 1.82) is 0 Å². The number of carbonyl (C=O) groups is 1. The van der Waals surface area contributed by atoms with Gasteiger partial charge in [0.05, 0.1) is 13.0 Å². The normalized spacial score (nSPS) is 10.9. The number of hydrogen-bond acceptors (Lipinski definition) is 3. The lowest BCUT2D eigenvalue weighted by Gasteiger charge is -2.08. The molecular weight excluding hydrogens is 398 g/mol. The summed E-state index contributed by atoms with van der Waals surface area (Å²) in [5.74, 6) is 1.30. The van der Waals surface area contributed by atoms with Gasteiger partial charge in [0, 0.05) is 28.7 Å². The van der Waals surface area contributed by atoms with Crippen LogP contribution in [0.25, 0.3) is 10.9 Å². The Labute approximate surface area is 180 Å². The molecule has 0 amide bonds. The first-order valence-electron chi connectivity index (χ1n) is 9.87. The van der Waals surface area contributed by atoms with Crippen LogP contribution < -0.4 is 4.74 Å². The van der Waals surface area contributed by atoms with Gasteiger partial charge < -0.3 is 14.0 Å². The SMILES string of the molecule is CCOC(=O)Cc1cn(Cc2ccc(Oc3ccc(Cl)cc3)cc2)c2ccccc12. The molecule has 152 valence electrons. The predicted molar refractivity (Wildman–Crippen MR) is 119 cm³/mol. The second-order valence-electron chi connectivity index (χ2n) is 6.98. The Bertz CT molecular complexity index is 1150. The minimum absolute atomic E-state index is 0.205. The number of aromatic nitrogens is 1. The van der Waals surface area contributed by atoms with E-state index in [4.69, 9.17) is 21.1 Å². The number of ether oxygens (including phenoxy) is 2. The van der Waals surface area contributed by atoms with E-state index in [0.717, 1.165) is 33.5 Å². The van der Waals surface area contributed by atoms with Gasteiger partial charge in [-0.2, -0.15) is 0 Å². The van der Waals surface area contributed by atoms with Crippen LogP contribution in [0.15, 0.2) is 79.0 Å². The second kappa shape index (κ2) is 9.06. The number of para-hydroxylation sites is 1. The van der Waals surface area contributed by atoms with Crippen LogP contribution in [0.4, 0.5) is 0 Å². The van der Waals surface area contributed by atoms with Crippen LogP contribution >= 0.6 is 11.6 Å². The first-order chi connectivity index (χ1) is 14.6. The summed E-state index contributed by atoms with van der Waals surface area (Å²) >= 11 is 5.92. The Morgan fingerprint density at radius 3 is 2.30 bits per heavy atom. The van der Waals surface area contributed by atoms with Crippen molar-refractivity contribution in [2.24, 2.45) is 0 Å². The summed E-state index contributed by atoms with van der Waals surface area (Å²) in [6.07, 6.45) is 2.31. The van der Waals surface area contributed by atoms with Crippen molar-refractivity contribution in [3.63, 3.8) is 0 Å². The van der Waals surface area contributed by atoms with E-state index in [1.54, 1.807) is 12.1 Å². The third kappa shape index (κ3) is 4.66. The van der Waals surface area contributed by atoms with Crippen LogP contribution in [-0.4, -0.2) is 17.1 Å². The summed E-state index contributed by atoms with van der Waals surface area (Å²) in [5, 5.41) is 1.76. The Morgan fingerprint density at radius 2 is 1.60 bits per heavy atom. The number of halogens is 1. The third-order valence-electron chi connectivity index (χ3n) is 4.84. The van der Waals surface area contributed by atoms with E-state index in [9.17, 15) is 4.79 Å². The molecule has 0 N–H and O–H groups in total. The highest BCUT2D eigenvalue weighted by Gasteiger charge is 2.12. The van der Waals surface area contributed by atoms with Crippen LogP contribution in [0.2, 0.25) is 5.02 Å². The van der Waals surface area contributed by atoms with Crippen molar-refractivity contribution in [3.8, 4) is 11.5 Å². The van der Waals surface area contributed by atoms with Crippen molar-refractivity contribution in [2.75, 3.05) is 6.61 Å². The van der Waals surface area contributed by atoms with E-state index in [-0.39, 0.29) is 12.4 Å². The highest BCUT2D eigenvalue weighted by molar-refractivity contribution is 6.30. The molecule has 3 aromatic carbocycles. The topological polar surface area (TPSA) is 40.5 Å². The number of carbonyl (C=O) groups excluding carboxylic acids is 1. The molecule has 4 nitrogen and oxygen atoms in total. The van der Waals surface area contributed by atoms with Gasteiger partial charge in [-0.1, -0.05) is 41.9 Å². The molecule has 0 bridgehead atoms. The maximum atomic E-state index is 12.0. The van der Waals surface area contributed by atoms with E-state index < -0.39 is 0 Å². The van der Waals surface area contributed by atoms with E-state index in [1.807, 2.05) is 67.7 Å². The van der Waals surface area contributed by atoms with Crippen LogP contribution in [0.5, 0.6) is 11.5 Å². The smallest absolute Gasteiger partial charge is 0.310 e. The Balaban J connectivity index is 1.52. The Hall–Kier alpha value is -3.24.